The van der Waals surface area contributed by atoms with Gasteiger partial charge in [0.15, 0.2) is 5.03 Å². The van der Waals surface area contributed by atoms with Crippen LogP contribution in [0.5, 0.6) is 0 Å². The van der Waals surface area contributed by atoms with Crippen LogP contribution in [0.2, 0.25) is 0 Å². The molecular weight excluding hydrogens is 262 g/mol. The first-order valence-corrected chi connectivity index (χ1v) is 7.46. The van der Waals surface area contributed by atoms with E-state index in [1.54, 1.807) is 17.7 Å². The number of hydrogen-bond acceptors (Lipinski definition) is 3. The van der Waals surface area contributed by atoms with Gasteiger partial charge in [0.2, 0.25) is 0 Å². The largest absolute Gasteiger partial charge is 0.339 e. The second kappa shape index (κ2) is 5.05. The van der Waals surface area contributed by atoms with Crippen molar-refractivity contribution in [1.82, 2.24) is 9.55 Å². The summed E-state index contributed by atoms with van der Waals surface area (Å²) in [5, 5.41) is 0.0679. The third-order valence-corrected chi connectivity index (χ3v) is 4.60. The molecule has 1 heterocycles. The second-order valence-electron chi connectivity index (χ2n) is 4.39. The summed E-state index contributed by atoms with van der Waals surface area (Å²) in [7, 11) is -1.85. The molecule has 0 bridgehead atoms. The number of nitrogens with zero attached hydrogens (tertiary/aromatic N) is 3. The van der Waals surface area contributed by atoms with Crippen LogP contribution in [0, 0.1) is 6.92 Å². The fourth-order valence-corrected chi connectivity index (χ4v) is 3.35. The molecule has 0 aliphatic heterocycles. The quantitative estimate of drug-likeness (QED) is 0.859. The van der Waals surface area contributed by atoms with Gasteiger partial charge in [-0.1, -0.05) is 12.1 Å². The Bertz CT molecular complexity index is 677. The average molecular weight is 279 g/mol. The topological polar surface area (TPSA) is 55.2 Å². The van der Waals surface area contributed by atoms with Gasteiger partial charge in [-0.05, 0) is 31.5 Å². The molecule has 0 saturated heterocycles. The first-order chi connectivity index (χ1) is 8.95. The molecule has 0 unspecified atom stereocenters. The molecule has 102 valence electrons. The van der Waals surface area contributed by atoms with Crippen LogP contribution in [0.15, 0.2) is 41.8 Å². The van der Waals surface area contributed by atoms with Gasteiger partial charge in [0, 0.05) is 19.8 Å². The third kappa shape index (κ3) is 2.63. The van der Waals surface area contributed by atoms with Crippen molar-refractivity contribution in [2.45, 2.75) is 18.9 Å². The molecule has 1 aromatic carbocycles. The Morgan fingerprint density at radius 2 is 2.11 bits per heavy atom. The van der Waals surface area contributed by atoms with E-state index in [4.69, 9.17) is 0 Å². The molecule has 1 aromatic heterocycles. The Labute approximate surface area is 113 Å². The molecule has 2 rings (SSSR count). The number of rotatable bonds is 4. The zero-order chi connectivity index (χ0) is 14.0. The maximum absolute atomic E-state index is 12.5. The van der Waals surface area contributed by atoms with Crippen LogP contribution in [0.1, 0.15) is 12.5 Å². The fraction of sp³-hybridized carbons (Fsp3) is 0.308. The lowest BCUT2D eigenvalue weighted by Gasteiger charge is -2.21. The van der Waals surface area contributed by atoms with E-state index in [0.29, 0.717) is 12.2 Å². The lowest BCUT2D eigenvalue weighted by molar-refractivity contribution is 0.588. The highest BCUT2D eigenvalue weighted by atomic mass is 32.2. The highest BCUT2D eigenvalue weighted by molar-refractivity contribution is 7.92. The van der Waals surface area contributed by atoms with E-state index in [-0.39, 0.29) is 5.03 Å². The lowest BCUT2D eigenvalue weighted by Crippen LogP contribution is -2.31. The summed E-state index contributed by atoms with van der Waals surface area (Å²) in [5.74, 6) is 0. The van der Waals surface area contributed by atoms with Crippen LogP contribution in [0.3, 0.4) is 0 Å². The van der Waals surface area contributed by atoms with Gasteiger partial charge in [0.25, 0.3) is 10.0 Å². The van der Waals surface area contributed by atoms with Crippen LogP contribution in [-0.4, -0.2) is 24.5 Å². The van der Waals surface area contributed by atoms with Gasteiger partial charge in [0.1, 0.15) is 0 Å². The van der Waals surface area contributed by atoms with Crippen molar-refractivity contribution in [3.63, 3.8) is 0 Å². The van der Waals surface area contributed by atoms with Crippen molar-refractivity contribution < 1.29 is 8.42 Å². The maximum atomic E-state index is 12.5. The number of benzene rings is 1. The minimum absolute atomic E-state index is 0.0679. The molecule has 0 N–H and O–H groups in total. The third-order valence-electron chi connectivity index (χ3n) is 2.81. The van der Waals surface area contributed by atoms with E-state index >= 15 is 0 Å². The Hall–Kier alpha value is -1.82. The van der Waals surface area contributed by atoms with Gasteiger partial charge >= 0.3 is 0 Å². The predicted molar refractivity (Wildman–Crippen MR) is 74.6 cm³/mol. The van der Waals surface area contributed by atoms with E-state index in [1.807, 2.05) is 32.0 Å². The van der Waals surface area contributed by atoms with Crippen LogP contribution in [0.4, 0.5) is 5.69 Å². The van der Waals surface area contributed by atoms with Gasteiger partial charge in [-0.3, -0.25) is 4.31 Å². The number of imidazole rings is 1. The molecule has 6 heteroatoms. The van der Waals surface area contributed by atoms with Gasteiger partial charge < -0.3 is 4.57 Å². The monoisotopic (exact) mass is 279 g/mol. The van der Waals surface area contributed by atoms with Crippen molar-refractivity contribution in [2.24, 2.45) is 7.05 Å². The number of aryl methyl sites for hydroxylation is 2. The molecule has 19 heavy (non-hydrogen) atoms. The van der Waals surface area contributed by atoms with Crippen LogP contribution in [0.25, 0.3) is 0 Å². The van der Waals surface area contributed by atoms with Crippen LogP contribution >= 0.6 is 0 Å². The minimum atomic E-state index is -3.60. The maximum Gasteiger partial charge on any atom is 0.283 e. The number of anilines is 1. The summed E-state index contributed by atoms with van der Waals surface area (Å²) in [5.41, 5.74) is 1.68. The second-order valence-corrected chi connectivity index (χ2v) is 6.20. The smallest absolute Gasteiger partial charge is 0.283 e. The molecule has 0 radical (unpaired) electrons. The Morgan fingerprint density at radius 1 is 1.37 bits per heavy atom. The molecular formula is C13H17N3O2S. The number of sulfonamides is 1. The molecule has 2 aromatic rings. The molecule has 0 atom stereocenters. The van der Waals surface area contributed by atoms with Crippen molar-refractivity contribution >= 4 is 15.7 Å². The van der Waals surface area contributed by atoms with E-state index in [2.05, 4.69) is 4.98 Å². The van der Waals surface area contributed by atoms with E-state index in [9.17, 15) is 8.42 Å². The van der Waals surface area contributed by atoms with E-state index in [1.165, 1.54) is 16.8 Å². The Morgan fingerprint density at radius 3 is 2.63 bits per heavy atom. The Kier molecular flexibility index (Phi) is 3.61. The van der Waals surface area contributed by atoms with Crippen molar-refractivity contribution in [1.29, 1.82) is 0 Å². The van der Waals surface area contributed by atoms with Gasteiger partial charge in [-0.2, -0.15) is 8.42 Å². The Balaban J connectivity index is 2.47. The molecule has 0 fully saturated rings. The molecule has 0 spiro atoms. The zero-order valence-corrected chi connectivity index (χ0v) is 12.1. The van der Waals surface area contributed by atoms with Crippen molar-refractivity contribution in [3.8, 4) is 0 Å². The SMILES string of the molecule is CCN(c1cccc(C)c1)S(=O)(=O)c1cn(C)cn1. The van der Waals surface area contributed by atoms with Crippen LogP contribution in [-0.2, 0) is 17.1 Å². The zero-order valence-electron chi connectivity index (χ0n) is 11.2. The van der Waals surface area contributed by atoms with Crippen molar-refractivity contribution in [3.05, 3.63) is 42.4 Å². The summed E-state index contributed by atoms with van der Waals surface area (Å²) in [6.45, 7) is 4.11. The molecule has 0 saturated carbocycles. The standard InChI is InChI=1S/C13H17N3O2S/c1-4-16(12-7-5-6-11(2)8-12)19(17,18)13-9-15(3)10-14-13/h5-10H,4H2,1-3H3. The first-order valence-electron chi connectivity index (χ1n) is 6.02. The highest BCUT2D eigenvalue weighted by Gasteiger charge is 2.25. The summed E-state index contributed by atoms with van der Waals surface area (Å²) in [4.78, 5) is 3.94. The minimum Gasteiger partial charge on any atom is -0.339 e. The summed E-state index contributed by atoms with van der Waals surface area (Å²) in [6.07, 6.45) is 2.99. The first kappa shape index (κ1) is 13.6. The van der Waals surface area contributed by atoms with Gasteiger partial charge in [0.05, 0.1) is 12.0 Å². The normalized spacial score (nSPS) is 11.5. The average Bonchev–Trinajstić information content (AvgIpc) is 2.77. The number of aromatic nitrogens is 2. The van der Waals surface area contributed by atoms with E-state index in [0.717, 1.165) is 5.56 Å². The van der Waals surface area contributed by atoms with Gasteiger partial charge in [-0.15, -0.1) is 0 Å². The summed E-state index contributed by atoms with van der Waals surface area (Å²) < 4.78 is 28.1. The lowest BCUT2D eigenvalue weighted by atomic mass is 10.2. The number of hydrogen-bond donors (Lipinski definition) is 0. The summed E-state index contributed by atoms with van der Waals surface area (Å²) in [6, 6.07) is 7.42. The van der Waals surface area contributed by atoms with E-state index < -0.39 is 10.0 Å². The fourth-order valence-electron chi connectivity index (χ4n) is 1.91. The summed E-state index contributed by atoms with van der Waals surface area (Å²) >= 11 is 0. The van der Waals surface area contributed by atoms with Gasteiger partial charge in [-0.25, -0.2) is 4.98 Å². The molecule has 5 nitrogen and oxygen atoms in total. The van der Waals surface area contributed by atoms with Crippen molar-refractivity contribution in [2.75, 3.05) is 10.8 Å². The van der Waals surface area contributed by atoms with Crippen LogP contribution < -0.4 is 4.31 Å². The molecule has 0 aliphatic rings. The predicted octanol–water partition coefficient (Wildman–Crippen LogP) is 1.94. The molecule has 0 amide bonds. The molecule has 0 aliphatic carbocycles. The highest BCUT2D eigenvalue weighted by Crippen LogP contribution is 2.23.